The predicted molar refractivity (Wildman–Crippen MR) is 257 cm³/mol. The maximum Gasteiger partial charge on any atom is 0.335 e. The standard InChI is InChI=1S/C41H39ClN2O3.C10H22.C3H8/c1-4-22-44-38-23-28(41(45)46)12-16-34(38)39(27-8-6-5-7-9-27)40(44)32-19-21-36-31(25(32)2)18-20-37(43-36)35-24-30(47-3)15-17-33(35)26-10-13-29(42)14-11-26;1-4-7-9-10(6-3)8-5-2;1-3-2/h10-21,23-24,27H,4-9,22H2,1-3H3,(H,45,46);10H,4-9H2,1-3H3;3H2,1-2H3. The Kier molecular flexibility index (Phi) is 17.7. The van der Waals surface area contributed by atoms with Gasteiger partial charge in [0.25, 0.3) is 0 Å². The summed E-state index contributed by atoms with van der Waals surface area (Å²) >= 11 is 6.21. The molecule has 7 rings (SSSR count). The number of carbonyl (C=O) groups is 1. The molecule has 1 fully saturated rings. The second-order valence-corrected chi connectivity index (χ2v) is 17.1. The molecule has 5 nitrogen and oxygen atoms in total. The van der Waals surface area contributed by atoms with Crippen LogP contribution in [0.15, 0.2) is 84.9 Å². The smallest absolute Gasteiger partial charge is 0.335 e. The number of halogens is 1. The molecular formula is C54H69ClN2O3. The predicted octanol–water partition coefficient (Wildman–Crippen LogP) is 16.7. The third-order valence-corrected chi connectivity index (χ3v) is 12.4. The zero-order valence-corrected chi connectivity index (χ0v) is 38.4. The first-order valence-corrected chi connectivity index (χ1v) is 23.3. The Labute approximate surface area is 365 Å². The number of ether oxygens (including phenoxy) is 1. The molecule has 0 saturated heterocycles. The first kappa shape index (κ1) is 46.5. The molecule has 6 heteroatoms. The number of aryl methyl sites for hydroxylation is 2. The van der Waals surface area contributed by atoms with E-state index in [1.807, 2.05) is 42.5 Å². The zero-order chi connectivity index (χ0) is 43.2. The number of aromatic nitrogens is 2. The van der Waals surface area contributed by atoms with E-state index in [1.165, 1.54) is 92.0 Å². The van der Waals surface area contributed by atoms with Crippen molar-refractivity contribution in [2.75, 3.05) is 7.11 Å². The summed E-state index contributed by atoms with van der Waals surface area (Å²) in [5.41, 5.74) is 11.2. The maximum atomic E-state index is 12.0. The SMILES string of the molecule is CCC.CCCCC(CC)CCC.CCCn1c(-c2ccc3nc(-c4cc(OC)ccc4-c4ccc(Cl)cc4)ccc3c2C)c(C2CCCCC2)c2ccc(C(=O)O)cc21. The van der Waals surface area contributed by atoms with Crippen LogP contribution in [0.25, 0.3) is 55.4 Å². The molecule has 0 spiro atoms. The van der Waals surface area contributed by atoms with Crippen molar-refractivity contribution in [3.63, 3.8) is 0 Å². The summed E-state index contributed by atoms with van der Waals surface area (Å²) in [6.45, 7) is 16.3. The van der Waals surface area contributed by atoms with E-state index in [-0.39, 0.29) is 0 Å². The highest BCUT2D eigenvalue weighted by molar-refractivity contribution is 6.30. The summed E-state index contributed by atoms with van der Waals surface area (Å²) in [5, 5.41) is 12.9. The number of pyridine rings is 1. The average molecular weight is 830 g/mol. The van der Waals surface area contributed by atoms with Crippen LogP contribution in [0.5, 0.6) is 5.75 Å². The number of rotatable bonds is 14. The molecule has 1 atom stereocenters. The number of aromatic carboxylic acids is 1. The number of hydrogen-bond acceptors (Lipinski definition) is 3. The van der Waals surface area contributed by atoms with E-state index in [0.717, 1.165) is 76.3 Å². The first-order valence-electron chi connectivity index (χ1n) is 22.9. The van der Waals surface area contributed by atoms with Gasteiger partial charge < -0.3 is 14.4 Å². The Hall–Kier alpha value is -4.61. The van der Waals surface area contributed by atoms with E-state index >= 15 is 0 Å². The second-order valence-electron chi connectivity index (χ2n) is 16.6. The quantitative estimate of drug-likeness (QED) is 0.119. The van der Waals surface area contributed by atoms with Crippen LogP contribution < -0.4 is 4.74 Å². The molecule has 1 unspecified atom stereocenters. The largest absolute Gasteiger partial charge is 0.497 e. The lowest BCUT2D eigenvalue weighted by molar-refractivity contribution is 0.0697. The number of nitrogens with zero attached hydrogens (tertiary/aromatic N) is 2. The molecule has 1 aliphatic carbocycles. The lowest BCUT2D eigenvalue weighted by Gasteiger charge is -2.24. The molecule has 6 aromatic rings. The molecular weight excluding hydrogens is 760 g/mol. The lowest BCUT2D eigenvalue weighted by atomic mass is 9.81. The minimum atomic E-state index is -0.893. The molecule has 2 heterocycles. The summed E-state index contributed by atoms with van der Waals surface area (Å²) < 4.78 is 8.00. The van der Waals surface area contributed by atoms with Crippen LogP contribution in [0.1, 0.15) is 152 Å². The summed E-state index contributed by atoms with van der Waals surface area (Å²) in [6.07, 6.45) is 16.7. The molecule has 0 radical (unpaired) electrons. The number of carboxylic acid groups (broad SMARTS) is 1. The van der Waals surface area contributed by atoms with Gasteiger partial charge in [0.2, 0.25) is 0 Å². The van der Waals surface area contributed by atoms with Crippen LogP contribution in [-0.4, -0.2) is 27.7 Å². The van der Waals surface area contributed by atoms with Crippen LogP contribution in [0.3, 0.4) is 0 Å². The van der Waals surface area contributed by atoms with Gasteiger partial charge in [0.15, 0.2) is 0 Å². The molecule has 4 aromatic carbocycles. The van der Waals surface area contributed by atoms with Gasteiger partial charge in [-0.1, -0.05) is 154 Å². The Balaban J connectivity index is 0.000000458. The fourth-order valence-corrected chi connectivity index (χ4v) is 9.14. The van der Waals surface area contributed by atoms with Crippen LogP contribution >= 0.6 is 11.6 Å². The fourth-order valence-electron chi connectivity index (χ4n) is 9.02. The molecule has 0 aliphatic heterocycles. The Bertz CT molecular complexity index is 2300. The number of carboxylic acids is 1. The van der Waals surface area contributed by atoms with Crippen molar-refractivity contribution in [3.05, 3.63) is 107 Å². The topological polar surface area (TPSA) is 64.4 Å². The fraction of sp³-hybridized carbons (Fsp3) is 0.444. The monoisotopic (exact) mass is 828 g/mol. The van der Waals surface area contributed by atoms with Crippen LogP contribution in [0.4, 0.5) is 0 Å². The third-order valence-electron chi connectivity index (χ3n) is 12.1. The summed E-state index contributed by atoms with van der Waals surface area (Å²) in [5.74, 6) is 1.35. The van der Waals surface area contributed by atoms with E-state index < -0.39 is 5.97 Å². The van der Waals surface area contributed by atoms with Crippen molar-refractivity contribution < 1.29 is 14.6 Å². The van der Waals surface area contributed by atoms with E-state index in [1.54, 1.807) is 13.2 Å². The highest BCUT2D eigenvalue weighted by atomic mass is 35.5. The normalized spacial score (nSPS) is 13.3. The van der Waals surface area contributed by atoms with Crippen LogP contribution in [-0.2, 0) is 6.54 Å². The van der Waals surface area contributed by atoms with Crippen molar-refractivity contribution in [2.45, 2.75) is 144 Å². The van der Waals surface area contributed by atoms with Crippen molar-refractivity contribution >= 4 is 39.4 Å². The first-order chi connectivity index (χ1) is 29.1. The van der Waals surface area contributed by atoms with Gasteiger partial charge in [-0.2, -0.15) is 0 Å². The Morgan fingerprint density at radius 1 is 0.800 bits per heavy atom. The molecule has 60 heavy (non-hydrogen) atoms. The summed E-state index contributed by atoms with van der Waals surface area (Å²) in [4.78, 5) is 17.2. The van der Waals surface area contributed by atoms with Gasteiger partial charge in [-0.25, -0.2) is 9.78 Å². The molecule has 1 aliphatic rings. The second kappa shape index (κ2) is 22.8. The van der Waals surface area contributed by atoms with Crippen molar-refractivity contribution in [2.24, 2.45) is 5.92 Å². The maximum absolute atomic E-state index is 12.0. The molecule has 0 bridgehead atoms. The van der Waals surface area contributed by atoms with Gasteiger partial charge in [0, 0.05) is 39.0 Å². The number of hydrogen-bond donors (Lipinski definition) is 1. The molecule has 0 amide bonds. The van der Waals surface area contributed by atoms with Gasteiger partial charge >= 0.3 is 5.97 Å². The highest BCUT2D eigenvalue weighted by Gasteiger charge is 2.28. The number of unbranched alkanes of at least 4 members (excludes halogenated alkanes) is 1. The zero-order valence-electron chi connectivity index (χ0n) is 37.7. The number of methoxy groups -OCH3 is 1. The van der Waals surface area contributed by atoms with Gasteiger partial charge in [-0.3, -0.25) is 0 Å². The van der Waals surface area contributed by atoms with Crippen LogP contribution in [0, 0.1) is 12.8 Å². The Morgan fingerprint density at radius 2 is 1.50 bits per heavy atom. The van der Waals surface area contributed by atoms with Gasteiger partial charge in [-0.05, 0) is 109 Å². The lowest BCUT2D eigenvalue weighted by Crippen LogP contribution is -2.08. The van der Waals surface area contributed by atoms with Crippen molar-refractivity contribution in [1.82, 2.24) is 9.55 Å². The molecule has 1 saturated carbocycles. The van der Waals surface area contributed by atoms with E-state index in [9.17, 15) is 9.90 Å². The van der Waals surface area contributed by atoms with E-state index in [4.69, 9.17) is 21.3 Å². The van der Waals surface area contributed by atoms with Gasteiger partial charge in [0.05, 0.1) is 29.6 Å². The number of fused-ring (bicyclic) bond motifs is 2. The highest BCUT2D eigenvalue weighted by Crippen LogP contribution is 2.46. The van der Waals surface area contributed by atoms with E-state index in [2.05, 4.69) is 89.4 Å². The Morgan fingerprint density at radius 3 is 2.13 bits per heavy atom. The van der Waals surface area contributed by atoms with Crippen molar-refractivity contribution in [3.8, 4) is 39.4 Å². The van der Waals surface area contributed by atoms with Crippen LogP contribution in [0.2, 0.25) is 5.02 Å². The molecule has 320 valence electrons. The summed E-state index contributed by atoms with van der Waals surface area (Å²) in [6, 6.07) is 28.3. The van der Waals surface area contributed by atoms with E-state index in [0.29, 0.717) is 16.5 Å². The molecule has 1 N–H and O–H groups in total. The summed E-state index contributed by atoms with van der Waals surface area (Å²) in [7, 11) is 1.68. The number of benzene rings is 4. The van der Waals surface area contributed by atoms with Gasteiger partial charge in [0.1, 0.15) is 5.75 Å². The average Bonchev–Trinajstić information content (AvgIpc) is 3.59. The third kappa shape index (κ3) is 11.0. The van der Waals surface area contributed by atoms with Gasteiger partial charge in [-0.15, -0.1) is 0 Å². The van der Waals surface area contributed by atoms with Crippen molar-refractivity contribution in [1.29, 1.82) is 0 Å². The minimum absolute atomic E-state index is 0.330. The molecule has 2 aromatic heterocycles. The minimum Gasteiger partial charge on any atom is -0.497 e.